The molecule has 1 heterocycles. The molecule has 0 saturated heterocycles. The van der Waals surface area contributed by atoms with Gasteiger partial charge in [0.25, 0.3) is 5.91 Å². The van der Waals surface area contributed by atoms with E-state index < -0.39 is 5.97 Å². The Kier molecular flexibility index (Phi) is 7.95. The van der Waals surface area contributed by atoms with E-state index >= 15 is 0 Å². The predicted octanol–water partition coefficient (Wildman–Crippen LogP) is 3.62. The number of amides is 1. The third-order valence-corrected chi connectivity index (χ3v) is 4.95. The standard InChI is InChI=1S/C19H31N3O3/c1-22-14-16(18(21-22)15-10-6-5-7-11-15)19(25)20-13-9-4-2-3-8-12-17(23)24/h14-15H,2-13H2,1H3,(H,20,25)(H,23,24). The van der Waals surface area contributed by atoms with Crippen LogP contribution in [0, 0.1) is 0 Å². The topological polar surface area (TPSA) is 84.2 Å². The molecule has 0 atom stereocenters. The van der Waals surface area contributed by atoms with Crippen molar-refractivity contribution < 1.29 is 14.7 Å². The zero-order valence-electron chi connectivity index (χ0n) is 15.3. The molecule has 0 spiro atoms. The van der Waals surface area contributed by atoms with Crippen molar-refractivity contribution in [3.8, 4) is 0 Å². The lowest BCUT2D eigenvalue weighted by Crippen LogP contribution is -2.25. The number of nitrogens with zero attached hydrogens (tertiary/aromatic N) is 2. The summed E-state index contributed by atoms with van der Waals surface area (Å²) in [5, 5.41) is 16.2. The van der Waals surface area contributed by atoms with Gasteiger partial charge in [0, 0.05) is 32.1 Å². The van der Waals surface area contributed by atoms with E-state index in [1.807, 2.05) is 13.2 Å². The van der Waals surface area contributed by atoms with E-state index in [0.717, 1.165) is 56.2 Å². The number of aromatic nitrogens is 2. The Labute approximate surface area is 150 Å². The Morgan fingerprint density at radius 2 is 1.84 bits per heavy atom. The van der Waals surface area contributed by atoms with E-state index in [4.69, 9.17) is 5.11 Å². The third kappa shape index (κ3) is 6.52. The summed E-state index contributed by atoms with van der Waals surface area (Å²) in [5.74, 6) is -0.318. The third-order valence-electron chi connectivity index (χ3n) is 4.95. The molecule has 1 aromatic rings. The number of rotatable bonds is 10. The van der Waals surface area contributed by atoms with Crippen LogP contribution in [0.5, 0.6) is 0 Å². The van der Waals surface area contributed by atoms with E-state index in [1.165, 1.54) is 19.3 Å². The molecule has 1 saturated carbocycles. The summed E-state index contributed by atoms with van der Waals surface area (Å²) in [6.45, 7) is 0.663. The Hall–Kier alpha value is -1.85. The molecule has 0 aliphatic heterocycles. The highest BCUT2D eigenvalue weighted by Crippen LogP contribution is 2.33. The van der Waals surface area contributed by atoms with Crippen LogP contribution >= 0.6 is 0 Å². The fraction of sp³-hybridized carbons (Fsp3) is 0.737. The summed E-state index contributed by atoms with van der Waals surface area (Å²) in [6.07, 6.45) is 12.7. The minimum Gasteiger partial charge on any atom is -0.481 e. The fourth-order valence-corrected chi connectivity index (χ4v) is 3.59. The lowest BCUT2D eigenvalue weighted by molar-refractivity contribution is -0.137. The van der Waals surface area contributed by atoms with Crippen molar-refractivity contribution in [3.63, 3.8) is 0 Å². The molecular weight excluding hydrogens is 318 g/mol. The Morgan fingerprint density at radius 3 is 2.56 bits per heavy atom. The molecule has 140 valence electrons. The SMILES string of the molecule is Cn1cc(C(=O)NCCCCCCCC(=O)O)c(C2CCCCC2)n1. The van der Waals surface area contributed by atoms with Crippen LogP contribution in [0.2, 0.25) is 0 Å². The molecule has 6 heteroatoms. The molecule has 0 unspecified atom stereocenters. The van der Waals surface area contributed by atoms with Crippen molar-refractivity contribution in [2.45, 2.75) is 76.5 Å². The van der Waals surface area contributed by atoms with Gasteiger partial charge < -0.3 is 10.4 Å². The van der Waals surface area contributed by atoms with Crippen molar-refractivity contribution in [3.05, 3.63) is 17.5 Å². The van der Waals surface area contributed by atoms with Crippen LogP contribution in [0.4, 0.5) is 0 Å². The van der Waals surface area contributed by atoms with Gasteiger partial charge in [0.15, 0.2) is 0 Å². The van der Waals surface area contributed by atoms with Gasteiger partial charge in [-0.2, -0.15) is 5.10 Å². The van der Waals surface area contributed by atoms with Crippen LogP contribution in [0.15, 0.2) is 6.20 Å². The monoisotopic (exact) mass is 349 g/mol. The minimum atomic E-state index is -0.725. The Morgan fingerprint density at radius 1 is 1.16 bits per heavy atom. The first-order valence-corrected chi connectivity index (χ1v) is 9.61. The number of hydrogen-bond acceptors (Lipinski definition) is 3. The molecule has 0 aromatic carbocycles. The van der Waals surface area contributed by atoms with E-state index in [9.17, 15) is 9.59 Å². The van der Waals surface area contributed by atoms with Gasteiger partial charge in [0.05, 0.1) is 11.3 Å². The molecule has 2 N–H and O–H groups in total. The second kappa shape index (κ2) is 10.2. The molecule has 0 bridgehead atoms. The van der Waals surface area contributed by atoms with E-state index in [0.29, 0.717) is 12.5 Å². The molecule has 25 heavy (non-hydrogen) atoms. The number of aliphatic carboxylic acids is 1. The number of unbranched alkanes of at least 4 members (excludes halogenated alkanes) is 4. The lowest BCUT2D eigenvalue weighted by Gasteiger charge is -2.20. The fourth-order valence-electron chi connectivity index (χ4n) is 3.59. The maximum atomic E-state index is 12.5. The van der Waals surface area contributed by atoms with Gasteiger partial charge in [0.1, 0.15) is 0 Å². The van der Waals surface area contributed by atoms with Crippen LogP contribution in [-0.4, -0.2) is 33.3 Å². The number of carboxylic acid groups (broad SMARTS) is 1. The maximum Gasteiger partial charge on any atom is 0.303 e. The molecule has 1 fully saturated rings. The van der Waals surface area contributed by atoms with Crippen LogP contribution in [0.25, 0.3) is 0 Å². The number of carbonyl (C=O) groups excluding carboxylic acids is 1. The first-order chi connectivity index (χ1) is 12.1. The zero-order valence-corrected chi connectivity index (χ0v) is 15.3. The van der Waals surface area contributed by atoms with Crippen molar-refractivity contribution in [2.75, 3.05) is 6.54 Å². The van der Waals surface area contributed by atoms with Gasteiger partial charge in [-0.3, -0.25) is 14.3 Å². The molecule has 0 radical (unpaired) electrons. The van der Waals surface area contributed by atoms with Gasteiger partial charge in [-0.05, 0) is 25.7 Å². The van der Waals surface area contributed by atoms with Crippen LogP contribution in [0.3, 0.4) is 0 Å². The smallest absolute Gasteiger partial charge is 0.303 e. The summed E-state index contributed by atoms with van der Waals surface area (Å²) in [5.41, 5.74) is 1.70. The van der Waals surface area contributed by atoms with Gasteiger partial charge in [-0.15, -0.1) is 0 Å². The van der Waals surface area contributed by atoms with E-state index in [-0.39, 0.29) is 12.3 Å². The summed E-state index contributed by atoms with van der Waals surface area (Å²) in [7, 11) is 1.88. The number of aryl methyl sites for hydroxylation is 1. The normalized spacial score (nSPS) is 15.2. The summed E-state index contributed by atoms with van der Waals surface area (Å²) < 4.78 is 1.75. The Bertz CT molecular complexity index is 562. The quantitative estimate of drug-likeness (QED) is 0.632. The highest BCUT2D eigenvalue weighted by Gasteiger charge is 2.24. The van der Waals surface area contributed by atoms with Crippen LogP contribution in [0.1, 0.15) is 92.6 Å². The van der Waals surface area contributed by atoms with Crippen molar-refractivity contribution >= 4 is 11.9 Å². The van der Waals surface area contributed by atoms with Gasteiger partial charge >= 0.3 is 5.97 Å². The molecule has 2 rings (SSSR count). The van der Waals surface area contributed by atoms with Gasteiger partial charge in [-0.1, -0.05) is 38.5 Å². The molecule has 1 aliphatic carbocycles. The first-order valence-electron chi connectivity index (χ1n) is 9.61. The highest BCUT2D eigenvalue weighted by molar-refractivity contribution is 5.95. The van der Waals surface area contributed by atoms with E-state index in [2.05, 4.69) is 10.4 Å². The van der Waals surface area contributed by atoms with Crippen LogP contribution in [-0.2, 0) is 11.8 Å². The van der Waals surface area contributed by atoms with Crippen molar-refractivity contribution in [1.29, 1.82) is 0 Å². The molecule has 1 amide bonds. The van der Waals surface area contributed by atoms with Gasteiger partial charge in [-0.25, -0.2) is 0 Å². The Balaban J connectivity index is 1.71. The highest BCUT2D eigenvalue weighted by atomic mass is 16.4. The number of carbonyl (C=O) groups is 2. The molecule has 1 aromatic heterocycles. The summed E-state index contributed by atoms with van der Waals surface area (Å²) in [6, 6.07) is 0. The molecule has 1 aliphatic rings. The van der Waals surface area contributed by atoms with Crippen molar-refractivity contribution in [1.82, 2.24) is 15.1 Å². The summed E-state index contributed by atoms with van der Waals surface area (Å²) >= 11 is 0. The van der Waals surface area contributed by atoms with E-state index in [1.54, 1.807) is 4.68 Å². The average molecular weight is 349 g/mol. The minimum absolute atomic E-state index is 0.0143. The van der Waals surface area contributed by atoms with Crippen LogP contribution < -0.4 is 5.32 Å². The maximum absolute atomic E-state index is 12.5. The molecular formula is C19H31N3O3. The first kappa shape index (κ1) is 19.5. The zero-order chi connectivity index (χ0) is 18.1. The largest absolute Gasteiger partial charge is 0.481 e. The average Bonchev–Trinajstić information content (AvgIpc) is 2.99. The molecule has 6 nitrogen and oxygen atoms in total. The second-order valence-electron chi connectivity index (χ2n) is 7.10. The van der Waals surface area contributed by atoms with Crippen molar-refractivity contribution in [2.24, 2.45) is 7.05 Å². The summed E-state index contributed by atoms with van der Waals surface area (Å²) in [4.78, 5) is 22.9. The number of hydrogen-bond donors (Lipinski definition) is 2. The second-order valence-corrected chi connectivity index (χ2v) is 7.10. The predicted molar refractivity (Wildman–Crippen MR) is 96.7 cm³/mol. The number of nitrogens with one attached hydrogen (secondary N) is 1. The van der Waals surface area contributed by atoms with Gasteiger partial charge in [0.2, 0.25) is 0 Å². The lowest BCUT2D eigenvalue weighted by atomic mass is 9.85. The number of carboxylic acids is 1.